The van der Waals surface area contributed by atoms with Crippen molar-refractivity contribution in [3.8, 4) is 11.5 Å². The van der Waals surface area contributed by atoms with E-state index in [2.05, 4.69) is 48.7 Å². The summed E-state index contributed by atoms with van der Waals surface area (Å²) in [7, 11) is 0. The minimum Gasteiger partial charge on any atom is -0.494 e. The number of benzene rings is 2. The lowest BCUT2D eigenvalue weighted by atomic mass is 10.2. The molecule has 0 aliphatic heterocycles. The van der Waals surface area contributed by atoms with Gasteiger partial charge in [-0.3, -0.25) is 0 Å². The van der Waals surface area contributed by atoms with E-state index in [1.165, 1.54) is 19.3 Å². The highest BCUT2D eigenvalue weighted by atomic mass is 16.5. The van der Waals surface area contributed by atoms with E-state index in [1.807, 2.05) is 24.3 Å². The zero-order valence-electron chi connectivity index (χ0n) is 17.5. The Bertz CT molecular complexity index is 643. The van der Waals surface area contributed by atoms with Gasteiger partial charge in [0, 0.05) is 30.5 Å². The van der Waals surface area contributed by atoms with Crippen molar-refractivity contribution in [1.29, 1.82) is 0 Å². The van der Waals surface area contributed by atoms with Gasteiger partial charge in [-0.05, 0) is 49.2 Å². The summed E-state index contributed by atoms with van der Waals surface area (Å²) in [5, 5.41) is 6.87. The normalized spacial score (nSPS) is 10.5. The van der Waals surface area contributed by atoms with E-state index in [-0.39, 0.29) is 0 Å². The van der Waals surface area contributed by atoms with Gasteiger partial charge in [0.2, 0.25) is 0 Å². The molecule has 2 N–H and O–H groups in total. The minimum absolute atomic E-state index is 0.786. The highest BCUT2D eigenvalue weighted by Crippen LogP contribution is 2.18. The first-order chi connectivity index (χ1) is 13.8. The average Bonchev–Trinajstić information content (AvgIpc) is 2.73. The van der Waals surface area contributed by atoms with Gasteiger partial charge in [-0.25, -0.2) is 0 Å². The van der Waals surface area contributed by atoms with Crippen LogP contribution in [0, 0.1) is 0 Å². The molecule has 154 valence electrons. The van der Waals surface area contributed by atoms with Crippen LogP contribution in [0.3, 0.4) is 0 Å². The summed E-state index contributed by atoms with van der Waals surface area (Å²) in [6.07, 6.45) is 7.15. The van der Waals surface area contributed by atoms with Crippen molar-refractivity contribution in [2.24, 2.45) is 0 Å². The maximum atomic E-state index is 5.85. The molecule has 0 heterocycles. The third-order valence-corrected chi connectivity index (χ3v) is 4.50. The van der Waals surface area contributed by atoms with Crippen molar-refractivity contribution in [1.82, 2.24) is 0 Å². The van der Waals surface area contributed by atoms with Gasteiger partial charge >= 0.3 is 0 Å². The second-order valence-corrected chi connectivity index (χ2v) is 7.02. The molecule has 0 aromatic heterocycles. The largest absolute Gasteiger partial charge is 0.494 e. The predicted octanol–water partition coefficient (Wildman–Crippen LogP) is 6.35. The SMILES string of the molecule is CCCCCCOc1cccc(NCCNc2ccc(OCCCC)cc2)c1. The van der Waals surface area contributed by atoms with Crippen molar-refractivity contribution < 1.29 is 9.47 Å². The van der Waals surface area contributed by atoms with Crippen LogP contribution in [0.25, 0.3) is 0 Å². The Labute approximate surface area is 170 Å². The van der Waals surface area contributed by atoms with Crippen LogP contribution < -0.4 is 20.1 Å². The summed E-state index contributed by atoms with van der Waals surface area (Å²) in [4.78, 5) is 0. The molecule has 4 nitrogen and oxygen atoms in total. The Kier molecular flexibility index (Phi) is 10.8. The Balaban J connectivity index is 1.64. The Morgan fingerprint density at radius 2 is 1.32 bits per heavy atom. The molecule has 0 unspecified atom stereocenters. The number of nitrogens with one attached hydrogen (secondary N) is 2. The standard InChI is InChI=1S/C24H36N2O2/c1-3-5-7-8-19-28-24-11-9-10-22(20-24)26-17-16-25-21-12-14-23(15-13-21)27-18-6-4-2/h9-15,20,25-26H,3-8,16-19H2,1-2H3. The lowest BCUT2D eigenvalue weighted by molar-refractivity contribution is 0.305. The molecule has 2 rings (SSSR count). The maximum absolute atomic E-state index is 5.85. The molecule has 4 heteroatoms. The van der Waals surface area contributed by atoms with Crippen LogP contribution in [-0.2, 0) is 0 Å². The van der Waals surface area contributed by atoms with Crippen LogP contribution in [0.5, 0.6) is 11.5 Å². The van der Waals surface area contributed by atoms with Crippen LogP contribution in [0.2, 0.25) is 0 Å². The van der Waals surface area contributed by atoms with Gasteiger partial charge in [0.1, 0.15) is 11.5 Å². The van der Waals surface area contributed by atoms with Gasteiger partial charge in [0.15, 0.2) is 0 Å². The van der Waals surface area contributed by atoms with Gasteiger partial charge in [-0.1, -0.05) is 45.6 Å². The van der Waals surface area contributed by atoms with Crippen LogP contribution in [0.4, 0.5) is 11.4 Å². The third kappa shape index (κ3) is 9.03. The molecule has 0 saturated heterocycles. The summed E-state index contributed by atoms with van der Waals surface area (Å²) in [5.41, 5.74) is 2.20. The average molecular weight is 385 g/mol. The smallest absolute Gasteiger partial charge is 0.121 e. The van der Waals surface area contributed by atoms with E-state index < -0.39 is 0 Å². The van der Waals surface area contributed by atoms with E-state index in [0.717, 1.165) is 68.4 Å². The van der Waals surface area contributed by atoms with Crippen molar-refractivity contribution >= 4 is 11.4 Å². The zero-order chi connectivity index (χ0) is 19.9. The quantitative estimate of drug-likeness (QED) is 0.351. The second kappa shape index (κ2) is 13.8. The zero-order valence-corrected chi connectivity index (χ0v) is 17.5. The maximum Gasteiger partial charge on any atom is 0.121 e. The van der Waals surface area contributed by atoms with Gasteiger partial charge in [0.25, 0.3) is 0 Å². The van der Waals surface area contributed by atoms with E-state index in [4.69, 9.17) is 9.47 Å². The fraction of sp³-hybridized carbons (Fsp3) is 0.500. The Hall–Kier alpha value is -2.36. The molecule has 0 fully saturated rings. The van der Waals surface area contributed by atoms with E-state index in [1.54, 1.807) is 0 Å². The van der Waals surface area contributed by atoms with Crippen molar-refractivity contribution in [3.63, 3.8) is 0 Å². The molecule has 0 atom stereocenters. The fourth-order valence-corrected chi connectivity index (χ4v) is 2.83. The molecule has 2 aromatic rings. The van der Waals surface area contributed by atoms with Crippen LogP contribution in [-0.4, -0.2) is 26.3 Å². The molecule has 0 radical (unpaired) electrons. The molecule has 0 saturated carbocycles. The molecule has 0 aliphatic rings. The first kappa shape index (κ1) is 21.9. The highest BCUT2D eigenvalue weighted by molar-refractivity contribution is 5.49. The molecule has 28 heavy (non-hydrogen) atoms. The molecule has 0 spiro atoms. The molecule has 0 bridgehead atoms. The monoisotopic (exact) mass is 384 g/mol. The third-order valence-electron chi connectivity index (χ3n) is 4.50. The highest BCUT2D eigenvalue weighted by Gasteiger charge is 1.98. The van der Waals surface area contributed by atoms with E-state index >= 15 is 0 Å². The van der Waals surface area contributed by atoms with Crippen molar-refractivity contribution in [3.05, 3.63) is 48.5 Å². The van der Waals surface area contributed by atoms with Gasteiger partial charge < -0.3 is 20.1 Å². The number of anilines is 2. The van der Waals surface area contributed by atoms with E-state index in [9.17, 15) is 0 Å². The first-order valence-corrected chi connectivity index (χ1v) is 10.7. The van der Waals surface area contributed by atoms with Crippen LogP contribution in [0.15, 0.2) is 48.5 Å². The number of ether oxygens (including phenoxy) is 2. The Morgan fingerprint density at radius 3 is 2.07 bits per heavy atom. The fourth-order valence-electron chi connectivity index (χ4n) is 2.83. The molecule has 0 amide bonds. The van der Waals surface area contributed by atoms with Gasteiger partial charge in [-0.2, -0.15) is 0 Å². The van der Waals surface area contributed by atoms with E-state index in [0.29, 0.717) is 0 Å². The molecule has 2 aromatic carbocycles. The number of rotatable bonds is 15. The summed E-state index contributed by atoms with van der Waals surface area (Å²) in [5.74, 6) is 1.87. The van der Waals surface area contributed by atoms with Crippen LogP contribution >= 0.6 is 0 Å². The topological polar surface area (TPSA) is 42.5 Å². The van der Waals surface area contributed by atoms with Gasteiger partial charge in [-0.15, -0.1) is 0 Å². The first-order valence-electron chi connectivity index (χ1n) is 10.7. The number of hydrogen-bond acceptors (Lipinski definition) is 4. The predicted molar refractivity (Wildman–Crippen MR) is 120 cm³/mol. The molecular weight excluding hydrogens is 348 g/mol. The lowest BCUT2D eigenvalue weighted by Crippen LogP contribution is -2.13. The lowest BCUT2D eigenvalue weighted by Gasteiger charge is -2.11. The summed E-state index contributed by atoms with van der Waals surface area (Å²) < 4.78 is 11.5. The molecule has 0 aliphatic carbocycles. The van der Waals surface area contributed by atoms with Gasteiger partial charge in [0.05, 0.1) is 13.2 Å². The van der Waals surface area contributed by atoms with Crippen LogP contribution in [0.1, 0.15) is 52.4 Å². The molecular formula is C24H36N2O2. The number of hydrogen-bond donors (Lipinski definition) is 2. The minimum atomic E-state index is 0.786. The number of unbranched alkanes of at least 4 members (excludes halogenated alkanes) is 4. The van der Waals surface area contributed by atoms with Crippen molar-refractivity contribution in [2.75, 3.05) is 36.9 Å². The Morgan fingerprint density at radius 1 is 0.643 bits per heavy atom. The second-order valence-electron chi connectivity index (χ2n) is 7.02. The van der Waals surface area contributed by atoms with Crippen molar-refractivity contribution in [2.45, 2.75) is 52.4 Å². The summed E-state index contributed by atoms with van der Waals surface area (Å²) >= 11 is 0. The summed E-state index contributed by atoms with van der Waals surface area (Å²) in [6.45, 7) is 7.66. The summed E-state index contributed by atoms with van der Waals surface area (Å²) in [6, 6.07) is 16.4.